The summed E-state index contributed by atoms with van der Waals surface area (Å²) in [6, 6.07) is 5.91. The summed E-state index contributed by atoms with van der Waals surface area (Å²) < 4.78 is 0. The minimum absolute atomic E-state index is 0.333. The standard InChI is InChI=1S/C14H20ClN/c1-10(16)12-6-5-11(13(15)9-12)7-8-14(2,3)4/h5-6,9,16H,7-8H2,1-4H3. The summed E-state index contributed by atoms with van der Waals surface area (Å²) in [5.41, 5.74) is 2.98. The Labute approximate surface area is 103 Å². The molecule has 0 radical (unpaired) electrons. The zero-order valence-corrected chi connectivity index (χ0v) is 11.3. The van der Waals surface area contributed by atoms with E-state index in [2.05, 4.69) is 20.8 Å². The van der Waals surface area contributed by atoms with Crippen LogP contribution < -0.4 is 0 Å². The van der Waals surface area contributed by atoms with Crippen LogP contribution in [0.2, 0.25) is 5.02 Å². The van der Waals surface area contributed by atoms with Crippen molar-refractivity contribution >= 4 is 17.3 Å². The zero-order valence-electron chi connectivity index (χ0n) is 10.5. The summed E-state index contributed by atoms with van der Waals surface area (Å²) in [4.78, 5) is 0. The molecule has 1 nitrogen and oxygen atoms in total. The average Bonchev–Trinajstić information content (AvgIpc) is 2.14. The summed E-state index contributed by atoms with van der Waals surface area (Å²) in [5, 5.41) is 8.33. The molecular weight excluding hydrogens is 218 g/mol. The second-order valence-corrected chi connectivity index (χ2v) is 5.90. The monoisotopic (exact) mass is 237 g/mol. The molecule has 0 aliphatic carbocycles. The van der Waals surface area contributed by atoms with E-state index in [0.717, 1.165) is 23.4 Å². The predicted molar refractivity (Wildman–Crippen MR) is 71.7 cm³/mol. The van der Waals surface area contributed by atoms with E-state index in [0.29, 0.717) is 11.1 Å². The fraction of sp³-hybridized carbons (Fsp3) is 0.500. The van der Waals surface area contributed by atoms with Crippen LogP contribution in [-0.2, 0) is 6.42 Å². The molecule has 88 valence electrons. The van der Waals surface area contributed by atoms with Gasteiger partial charge >= 0.3 is 0 Å². The van der Waals surface area contributed by atoms with Gasteiger partial charge in [-0.25, -0.2) is 0 Å². The van der Waals surface area contributed by atoms with E-state index < -0.39 is 0 Å². The lowest BCUT2D eigenvalue weighted by atomic mass is 9.88. The largest absolute Gasteiger partial charge is 0.305 e. The van der Waals surface area contributed by atoms with E-state index in [1.807, 2.05) is 18.2 Å². The van der Waals surface area contributed by atoms with Crippen LogP contribution in [0.4, 0.5) is 0 Å². The molecule has 1 rings (SSSR count). The fourth-order valence-electron chi connectivity index (χ4n) is 1.49. The lowest BCUT2D eigenvalue weighted by molar-refractivity contribution is 0.378. The number of benzene rings is 1. The number of rotatable bonds is 3. The van der Waals surface area contributed by atoms with Crippen molar-refractivity contribution in [2.24, 2.45) is 5.41 Å². The van der Waals surface area contributed by atoms with E-state index in [-0.39, 0.29) is 0 Å². The Morgan fingerprint density at radius 1 is 1.31 bits per heavy atom. The first-order valence-electron chi connectivity index (χ1n) is 5.63. The minimum atomic E-state index is 0.333. The van der Waals surface area contributed by atoms with Gasteiger partial charge in [-0.2, -0.15) is 0 Å². The first-order chi connectivity index (χ1) is 7.29. The van der Waals surface area contributed by atoms with Crippen LogP contribution in [0.3, 0.4) is 0 Å². The fourth-order valence-corrected chi connectivity index (χ4v) is 1.77. The van der Waals surface area contributed by atoms with Gasteiger partial charge in [0, 0.05) is 10.7 Å². The van der Waals surface area contributed by atoms with E-state index in [1.54, 1.807) is 6.92 Å². The predicted octanol–water partition coefficient (Wildman–Crippen LogP) is 4.71. The number of halogens is 1. The topological polar surface area (TPSA) is 23.9 Å². The van der Waals surface area contributed by atoms with Crippen LogP contribution >= 0.6 is 11.6 Å². The molecule has 0 aliphatic rings. The van der Waals surface area contributed by atoms with Crippen molar-refractivity contribution in [2.45, 2.75) is 40.5 Å². The van der Waals surface area contributed by atoms with Crippen molar-refractivity contribution in [1.29, 1.82) is 5.41 Å². The Balaban J connectivity index is 2.80. The van der Waals surface area contributed by atoms with Gasteiger partial charge in [-0.05, 0) is 42.4 Å². The van der Waals surface area contributed by atoms with Gasteiger partial charge in [-0.1, -0.05) is 44.5 Å². The molecule has 0 fully saturated rings. The Bertz CT molecular complexity index is 388. The van der Waals surface area contributed by atoms with Gasteiger partial charge in [0.25, 0.3) is 0 Å². The second kappa shape index (κ2) is 5.01. The van der Waals surface area contributed by atoms with E-state index in [9.17, 15) is 0 Å². The third kappa shape index (κ3) is 3.97. The van der Waals surface area contributed by atoms with Gasteiger partial charge in [0.15, 0.2) is 0 Å². The van der Waals surface area contributed by atoms with Crippen molar-refractivity contribution in [3.05, 3.63) is 34.3 Å². The van der Waals surface area contributed by atoms with E-state index >= 15 is 0 Å². The molecule has 0 aliphatic heterocycles. The molecule has 0 saturated carbocycles. The number of hydrogen-bond acceptors (Lipinski definition) is 1. The molecule has 0 spiro atoms. The van der Waals surface area contributed by atoms with Crippen LogP contribution in [0.5, 0.6) is 0 Å². The van der Waals surface area contributed by atoms with Crippen molar-refractivity contribution in [3.8, 4) is 0 Å². The molecule has 0 heterocycles. The van der Waals surface area contributed by atoms with Crippen LogP contribution in [0.15, 0.2) is 18.2 Å². The van der Waals surface area contributed by atoms with Gasteiger partial charge in [0.1, 0.15) is 0 Å². The Hall–Kier alpha value is -0.820. The first kappa shape index (κ1) is 13.2. The summed E-state index contributed by atoms with van der Waals surface area (Å²) in [7, 11) is 0. The normalized spacial score (nSPS) is 11.6. The maximum Gasteiger partial charge on any atom is 0.0444 e. The molecule has 0 saturated heterocycles. The third-order valence-corrected chi connectivity index (χ3v) is 2.98. The maximum absolute atomic E-state index is 7.55. The molecule has 1 N–H and O–H groups in total. The number of aryl methyl sites for hydroxylation is 1. The molecule has 0 atom stereocenters. The second-order valence-electron chi connectivity index (χ2n) is 5.49. The highest BCUT2D eigenvalue weighted by Crippen LogP contribution is 2.25. The minimum Gasteiger partial charge on any atom is -0.305 e. The molecule has 0 unspecified atom stereocenters. The lowest BCUT2D eigenvalue weighted by Crippen LogP contribution is -2.06. The molecular formula is C14H20ClN. The average molecular weight is 238 g/mol. The van der Waals surface area contributed by atoms with Crippen LogP contribution in [0.25, 0.3) is 0 Å². The molecule has 2 heteroatoms. The van der Waals surface area contributed by atoms with Crippen LogP contribution in [0.1, 0.15) is 45.2 Å². The van der Waals surface area contributed by atoms with E-state index in [4.69, 9.17) is 17.0 Å². The van der Waals surface area contributed by atoms with Crippen molar-refractivity contribution < 1.29 is 0 Å². The van der Waals surface area contributed by atoms with Crippen molar-refractivity contribution in [1.82, 2.24) is 0 Å². The third-order valence-electron chi connectivity index (χ3n) is 2.63. The summed E-state index contributed by atoms with van der Waals surface area (Å²) in [6.07, 6.45) is 2.12. The van der Waals surface area contributed by atoms with Crippen molar-refractivity contribution in [2.75, 3.05) is 0 Å². The van der Waals surface area contributed by atoms with Gasteiger partial charge in [0.2, 0.25) is 0 Å². The molecule has 16 heavy (non-hydrogen) atoms. The van der Waals surface area contributed by atoms with Gasteiger partial charge in [0.05, 0.1) is 0 Å². The Kier molecular flexibility index (Phi) is 4.15. The highest BCUT2D eigenvalue weighted by atomic mass is 35.5. The van der Waals surface area contributed by atoms with Gasteiger partial charge in [-0.3, -0.25) is 0 Å². The van der Waals surface area contributed by atoms with Gasteiger partial charge in [-0.15, -0.1) is 0 Å². The van der Waals surface area contributed by atoms with E-state index in [1.165, 1.54) is 5.56 Å². The lowest BCUT2D eigenvalue weighted by Gasteiger charge is -2.18. The summed E-state index contributed by atoms with van der Waals surface area (Å²) in [6.45, 7) is 8.48. The molecule has 0 aromatic heterocycles. The SMILES string of the molecule is CC(=N)c1ccc(CCC(C)(C)C)c(Cl)c1. The quantitative estimate of drug-likeness (QED) is 0.737. The summed E-state index contributed by atoms with van der Waals surface area (Å²) in [5.74, 6) is 0. The van der Waals surface area contributed by atoms with Crippen LogP contribution in [0, 0.1) is 10.8 Å². The van der Waals surface area contributed by atoms with Crippen molar-refractivity contribution in [3.63, 3.8) is 0 Å². The highest BCUT2D eigenvalue weighted by molar-refractivity contribution is 6.31. The van der Waals surface area contributed by atoms with Gasteiger partial charge < -0.3 is 5.41 Å². The first-order valence-corrected chi connectivity index (χ1v) is 6.01. The molecule has 0 bridgehead atoms. The molecule has 1 aromatic carbocycles. The number of hydrogen-bond donors (Lipinski definition) is 1. The highest BCUT2D eigenvalue weighted by Gasteiger charge is 2.11. The van der Waals surface area contributed by atoms with Crippen LogP contribution in [-0.4, -0.2) is 5.71 Å². The molecule has 0 amide bonds. The zero-order chi connectivity index (χ0) is 12.3. The maximum atomic E-state index is 7.55. The number of nitrogens with one attached hydrogen (secondary N) is 1. The smallest absolute Gasteiger partial charge is 0.0444 e. The summed E-state index contributed by atoms with van der Waals surface area (Å²) >= 11 is 6.21. The Morgan fingerprint density at radius 2 is 1.94 bits per heavy atom. The molecule has 1 aromatic rings. The Morgan fingerprint density at radius 3 is 2.38 bits per heavy atom.